The number of nitriles is 1. The molecule has 7 heteroatoms. The van der Waals surface area contributed by atoms with E-state index in [4.69, 9.17) is 14.2 Å². The molecule has 2 aliphatic heterocycles. The van der Waals surface area contributed by atoms with E-state index in [-0.39, 0.29) is 17.9 Å². The lowest BCUT2D eigenvalue weighted by molar-refractivity contribution is 0.0338. The molecule has 0 spiro atoms. The van der Waals surface area contributed by atoms with E-state index < -0.39 is 0 Å². The van der Waals surface area contributed by atoms with Gasteiger partial charge in [-0.15, -0.1) is 0 Å². The molecule has 0 saturated carbocycles. The summed E-state index contributed by atoms with van der Waals surface area (Å²) >= 11 is 0. The van der Waals surface area contributed by atoms with Crippen molar-refractivity contribution in [3.05, 3.63) is 23.3 Å². The van der Waals surface area contributed by atoms with Crippen molar-refractivity contribution in [3.8, 4) is 17.6 Å². The Balaban J connectivity index is 1.76. The summed E-state index contributed by atoms with van der Waals surface area (Å²) in [5.74, 6) is 0.873. The highest BCUT2D eigenvalue weighted by Gasteiger charge is 2.27. The quantitative estimate of drug-likeness (QED) is 0.848. The van der Waals surface area contributed by atoms with Gasteiger partial charge in [-0.25, -0.2) is 0 Å². The molecule has 2 aliphatic rings. The van der Waals surface area contributed by atoms with E-state index in [2.05, 4.69) is 16.7 Å². The summed E-state index contributed by atoms with van der Waals surface area (Å²) in [6.45, 7) is 3.21. The number of hydrogen-bond acceptors (Lipinski definition) is 6. The molecule has 1 aromatic carbocycles. The summed E-state index contributed by atoms with van der Waals surface area (Å²) in [5, 5.41) is 15.5. The van der Waals surface area contributed by atoms with Crippen LogP contribution in [0.25, 0.3) is 0 Å². The highest BCUT2D eigenvalue weighted by Crippen LogP contribution is 2.34. The molecule has 7 nitrogen and oxygen atoms in total. The largest absolute Gasteiger partial charge is 0.489 e. The molecule has 0 radical (unpaired) electrons. The van der Waals surface area contributed by atoms with Crippen LogP contribution < -0.4 is 20.1 Å². The minimum Gasteiger partial charge on any atom is -0.489 e. The fourth-order valence-electron chi connectivity index (χ4n) is 3.22. The van der Waals surface area contributed by atoms with E-state index in [0.29, 0.717) is 42.4 Å². The Morgan fingerprint density at radius 1 is 1.44 bits per heavy atom. The molecule has 0 aliphatic carbocycles. The third-order valence-corrected chi connectivity index (χ3v) is 4.61. The molecule has 0 bridgehead atoms. The maximum atomic E-state index is 12.7. The van der Waals surface area contributed by atoms with Gasteiger partial charge < -0.3 is 24.8 Å². The van der Waals surface area contributed by atoms with Gasteiger partial charge in [-0.05, 0) is 19.0 Å². The summed E-state index contributed by atoms with van der Waals surface area (Å²) in [7, 11) is 1.69. The third kappa shape index (κ3) is 4.03. The van der Waals surface area contributed by atoms with Gasteiger partial charge in [-0.3, -0.25) is 4.79 Å². The van der Waals surface area contributed by atoms with Crippen molar-refractivity contribution in [2.75, 3.05) is 40.0 Å². The van der Waals surface area contributed by atoms with Crippen LogP contribution >= 0.6 is 0 Å². The number of piperidine rings is 1. The summed E-state index contributed by atoms with van der Waals surface area (Å²) in [6.07, 6.45) is 1.76. The zero-order valence-corrected chi connectivity index (χ0v) is 14.3. The van der Waals surface area contributed by atoms with E-state index >= 15 is 0 Å². The van der Waals surface area contributed by atoms with Crippen LogP contribution in [-0.4, -0.2) is 52.0 Å². The van der Waals surface area contributed by atoms with Gasteiger partial charge in [0.15, 0.2) is 11.5 Å². The van der Waals surface area contributed by atoms with Crippen LogP contribution in [0.2, 0.25) is 0 Å². The number of fused-ring (bicyclic) bond motifs is 1. The maximum absolute atomic E-state index is 12.7. The lowest BCUT2D eigenvalue weighted by Gasteiger charge is -2.31. The van der Waals surface area contributed by atoms with Crippen molar-refractivity contribution in [1.29, 1.82) is 5.26 Å². The number of nitrogens with one attached hydrogen (secondary N) is 2. The number of rotatable bonds is 4. The second kappa shape index (κ2) is 8.19. The van der Waals surface area contributed by atoms with Gasteiger partial charge in [0, 0.05) is 38.6 Å². The summed E-state index contributed by atoms with van der Waals surface area (Å²) in [6, 6.07) is 5.24. The molecular weight excluding hydrogens is 322 g/mol. The second-order valence-electron chi connectivity index (χ2n) is 6.25. The van der Waals surface area contributed by atoms with Crippen molar-refractivity contribution < 1.29 is 19.0 Å². The monoisotopic (exact) mass is 345 g/mol. The number of carbonyl (C=O) groups is 1. The minimum atomic E-state index is -0.257. The van der Waals surface area contributed by atoms with Gasteiger partial charge in [0.2, 0.25) is 0 Å². The average Bonchev–Trinajstić information content (AvgIpc) is 2.90. The van der Waals surface area contributed by atoms with Crippen LogP contribution in [0.5, 0.6) is 11.5 Å². The topological polar surface area (TPSA) is 92.6 Å². The van der Waals surface area contributed by atoms with Crippen molar-refractivity contribution in [1.82, 2.24) is 10.6 Å². The number of nitrogens with zero attached hydrogens (tertiary/aromatic N) is 1. The van der Waals surface area contributed by atoms with Crippen molar-refractivity contribution in [2.24, 2.45) is 5.92 Å². The first-order valence-corrected chi connectivity index (χ1v) is 8.58. The Labute approximate surface area is 147 Å². The summed E-state index contributed by atoms with van der Waals surface area (Å²) in [5.41, 5.74) is 0.727. The Bertz CT molecular complexity index is 671. The zero-order valence-electron chi connectivity index (χ0n) is 14.3. The maximum Gasteiger partial charge on any atom is 0.255 e. The van der Waals surface area contributed by atoms with E-state index in [9.17, 15) is 10.1 Å². The predicted octanol–water partition coefficient (Wildman–Crippen LogP) is 1.07. The zero-order chi connectivity index (χ0) is 17.6. The van der Waals surface area contributed by atoms with E-state index in [1.165, 1.54) is 0 Å². The molecule has 2 heterocycles. The van der Waals surface area contributed by atoms with Crippen LogP contribution in [0.15, 0.2) is 12.1 Å². The predicted molar refractivity (Wildman–Crippen MR) is 90.9 cm³/mol. The van der Waals surface area contributed by atoms with Crippen LogP contribution in [0.4, 0.5) is 0 Å². The molecule has 3 rings (SSSR count). The molecule has 0 aromatic heterocycles. The molecule has 1 amide bonds. The van der Waals surface area contributed by atoms with Crippen molar-refractivity contribution in [2.45, 2.75) is 18.9 Å². The van der Waals surface area contributed by atoms with Gasteiger partial charge in [0.25, 0.3) is 5.91 Å². The Hall–Kier alpha value is -2.30. The second-order valence-corrected chi connectivity index (χ2v) is 6.25. The normalized spacial score (nSPS) is 22.6. The van der Waals surface area contributed by atoms with Gasteiger partial charge in [-0.1, -0.05) is 0 Å². The van der Waals surface area contributed by atoms with Crippen molar-refractivity contribution >= 4 is 5.91 Å². The molecule has 1 saturated heterocycles. The molecule has 2 atom stereocenters. The Kier molecular flexibility index (Phi) is 5.74. The molecular formula is C18H23N3O4. The standard InChI is InChI=1S/C18H23N3O4/c1-23-16-11-20-4-3-13(16)10-21-18(22)14-7-12(9-19)8-15-17(14)25-6-2-5-24-15/h7-8,13,16,20H,2-6,10-11H2,1H3,(H,21,22)/t13-,16+/m0/s1. The smallest absolute Gasteiger partial charge is 0.255 e. The molecule has 25 heavy (non-hydrogen) atoms. The fraction of sp³-hybridized carbons (Fsp3) is 0.556. The number of benzene rings is 1. The molecule has 0 unspecified atom stereocenters. The van der Waals surface area contributed by atoms with Gasteiger partial charge >= 0.3 is 0 Å². The SMILES string of the molecule is CO[C@@H]1CNCC[C@H]1CNC(=O)c1cc(C#N)cc2c1OCCCO2. The Morgan fingerprint density at radius 2 is 2.28 bits per heavy atom. The van der Waals surface area contributed by atoms with Gasteiger partial charge in [-0.2, -0.15) is 5.26 Å². The first-order valence-electron chi connectivity index (χ1n) is 8.58. The lowest BCUT2D eigenvalue weighted by atomic mass is 9.94. The Morgan fingerprint density at radius 3 is 3.08 bits per heavy atom. The molecule has 134 valence electrons. The molecule has 1 fully saturated rings. The summed E-state index contributed by atoms with van der Waals surface area (Å²) in [4.78, 5) is 12.7. The fourth-order valence-corrected chi connectivity index (χ4v) is 3.22. The molecule has 2 N–H and O–H groups in total. The van der Waals surface area contributed by atoms with Crippen LogP contribution in [0.1, 0.15) is 28.8 Å². The number of ether oxygens (including phenoxy) is 3. The van der Waals surface area contributed by atoms with Gasteiger partial charge in [0.1, 0.15) is 0 Å². The van der Waals surface area contributed by atoms with Crippen molar-refractivity contribution in [3.63, 3.8) is 0 Å². The van der Waals surface area contributed by atoms with E-state index in [0.717, 1.165) is 25.9 Å². The highest BCUT2D eigenvalue weighted by molar-refractivity contribution is 5.98. The summed E-state index contributed by atoms with van der Waals surface area (Å²) < 4.78 is 16.8. The lowest BCUT2D eigenvalue weighted by Crippen LogP contribution is -2.46. The number of amides is 1. The highest BCUT2D eigenvalue weighted by atomic mass is 16.5. The van der Waals surface area contributed by atoms with Gasteiger partial charge in [0.05, 0.1) is 36.5 Å². The number of carbonyl (C=O) groups excluding carboxylic acids is 1. The number of methoxy groups -OCH3 is 1. The van der Waals surface area contributed by atoms with Crippen LogP contribution in [-0.2, 0) is 4.74 Å². The van der Waals surface area contributed by atoms with E-state index in [1.807, 2.05) is 0 Å². The third-order valence-electron chi connectivity index (χ3n) is 4.61. The van der Waals surface area contributed by atoms with E-state index in [1.54, 1.807) is 19.2 Å². The average molecular weight is 345 g/mol. The van der Waals surface area contributed by atoms with Crippen LogP contribution in [0, 0.1) is 17.2 Å². The minimum absolute atomic E-state index is 0.0798. The first-order chi connectivity index (χ1) is 12.2. The molecule has 1 aromatic rings. The number of hydrogen-bond donors (Lipinski definition) is 2. The van der Waals surface area contributed by atoms with Crippen LogP contribution in [0.3, 0.4) is 0 Å². The first kappa shape index (κ1) is 17.5.